The zero-order valence-corrected chi connectivity index (χ0v) is 13.1. The van der Waals surface area contributed by atoms with Crippen LogP contribution >= 0.6 is 0 Å². The summed E-state index contributed by atoms with van der Waals surface area (Å²) in [7, 11) is 0. The van der Waals surface area contributed by atoms with Gasteiger partial charge >= 0.3 is 0 Å². The summed E-state index contributed by atoms with van der Waals surface area (Å²) < 4.78 is 5.97. The minimum atomic E-state index is 0.00273. The van der Waals surface area contributed by atoms with Crippen LogP contribution in [0.2, 0.25) is 0 Å². The molecule has 0 spiro atoms. The lowest BCUT2D eigenvalue weighted by Gasteiger charge is -2.27. The van der Waals surface area contributed by atoms with Crippen LogP contribution in [0.1, 0.15) is 59.2 Å². The maximum absolute atomic E-state index is 6.53. The second kappa shape index (κ2) is 5.26. The highest BCUT2D eigenvalue weighted by molar-refractivity contribution is 5.50. The highest BCUT2D eigenvalue weighted by Gasteiger charge is 2.30. The summed E-state index contributed by atoms with van der Waals surface area (Å²) in [5, 5.41) is 0. The fourth-order valence-electron chi connectivity index (χ4n) is 3.31. The molecule has 0 bridgehead atoms. The van der Waals surface area contributed by atoms with E-state index in [0.717, 1.165) is 12.8 Å². The maximum atomic E-state index is 6.53. The molecule has 1 fully saturated rings. The van der Waals surface area contributed by atoms with Crippen LogP contribution in [-0.4, -0.2) is 12.2 Å². The first-order chi connectivity index (χ1) is 8.84. The standard InChI is InChI=1S/C17H27NO/c1-9-7-8-15(19-9)17(18)16-13(5)11(3)10(2)12(4)14(16)6/h9,15,17H,7-8,18H2,1-6H3. The number of benzene rings is 1. The summed E-state index contributed by atoms with van der Waals surface area (Å²) in [5.41, 5.74) is 14.7. The Labute approximate surface area is 117 Å². The zero-order chi connectivity index (χ0) is 14.3. The van der Waals surface area contributed by atoms with E-state index in [2.05, 4.69) is 41.5 Å². The van der Waals surface area contributed by atoms with Gasteiger partial charge in [0.05, 0.1) is 18.2 Å². The van der Waals surface area contributed by atoms with Crippen molar-refractivity contribution in [2.24, 2.45) is 5.73 Å². The Hall–Kier alpha value is -0.860. The third-order valence-corrected chi connectivity index (χ3v) is 5.06. The van der Waals surface area contributed by atoms with Gasteiger partial charge in [0.1, 0.15) is 0 Å². The van der Waals surface area contributed by atoms with Crippen LogP contribution in [0, 0.1) is 34.6 Å². The van der Waals surface area contributed by atoms with Crippen molar-refractivity contribution in [3.8, 4) is 0 Å². The molecule has 2 nitrogen and oxygen atoms in total. The summed E-state index contributed by atoms with van der Waals surface area (Å²) in [6, 6.07) is 0.00273. The maximum Gasteiger partial charge on any atom is 0.0772 e. The molecule has 3 unspecified atom stereocenters. The average molecular weight is 261 g/mol. The molecule has 0 aliphatic carbocycles. The minimum Gasteiger partial charge on any atom is -0.373 e. The van der Waals surface area contributed by atoms with Gasteiger partial charge in [0.25, 0.3) is 0 Å². The predicted octanol–water partition coefficient (Wildman–Crippen LogP) is 3.80. The van der Waals surface area contributed by atoms with Crippen molar-refractivity contribution >= 4 is 0 Å². The van der Waals surface area contributed by atoms with Gasteiger partial charge in [0, 0.05) is 0 Å². The Kier molecular flexibility index (Phi) is 4.03. The smallest absolute Gasteiger partial charge is 0.0772 e. The van der Waals surface area contributed by atoms with Gasteiger partial charge in [-0.05, 0) is 87.8 Å². The van der Waals surface area contributed by atoms with Crippen molar-refractivity contribution < 1.29 is 4.74 Å². The van der Waals surface area contributed by atoms with Crippen molar-refractivity contribution in [2.45, 2.75) is 72.6 Å². The first-order valence-corrected chi connectivity index (χ1v) is 7.32. The fourth-order valence-corrected chi connectivity index (χ4v) is 3.31. The van der Waals surface area contributed by atoms with E-state index in [9.17, 15) is 0 Å². The normalized spacial score (nSPS) is 24.8. The van der Waals surface area contributed by atoms with Crippen LogP contribution in [0.4, 0.5) is 0 Å². The molecule has 19 heavy (non-hydrogen) atoms. The van der Waals surface area contributed by atoms with E-state index in [-0.39, 0.29) is 12.1 Å². The molecule has 1 heterocycles. The third kappa shape index (κ3) is 2.44. The van der Waals surface area contributed by atoms with Crippen LogP contribution in [-0.2, 0) is 4.74 Å². The summed E-state index contributed by atoms with van der Waals surface area (Å²) in [5.74, 6) is 0. The van der Waals surface area contributed by atoms with E-state index in [1.807, 2.05) is 0 Å². The number of hydrogen-bond donors (Lipinski definition) is 1. The first kappa shape index (κ1) is 14.5. The molecule has 1 aliphatic rings. The Bertz CT molecular complexity index is 464. The molecular weight excluding hydrogens is 234 g/mol. The SMILES string of the molecule is Cc1c(C)c(C)c(C(N)C2CCC(C)O2)c(C)c1C. The number of ether oxygens (including phenoxy) is 1. The van der Waals surface area contributed by atoms with E-state index in [1.165, 1.54) is 33.4 Å². The molecule has 1 aliphatic heterocycles. The van der Waals surface area contributed by atoms with Crippen LogP contribution in [0.15, 0.2) is 0 Å². The van der Waals surface area contributed by atoms with Crippen LogP contribution < -0.4 is 5.73 Å². The van der Waals surface area contributed by atoms with Gasteiger partial charge in [0.2, 0.25) is 0 Å². The lowest BCUT2D eigenvalue weighted by molar-refractivity contribution is 0.0398. The fraction of sp³-hybridized carbons (Fsp3) is 0.647. The second-order valence-electron chi connectivity index (χ2n) is 6.13. The van der Waals surface area contributed by atoms with Gasteiger partial charge in [-0.1, -0.05) is 0 Å². The summed E-state index contributed by atoms with van der Waals surface area (Å²) in [4.78, 5) is 0. The number of hydrogen-bond acceptors (Lipinski definition) is 2. The predicted molar refractivity (Wildman–Crippen MR) is 80.6 cm³/mol. The van der Waals surface area contributed by atoms with Gasteiger partial charge in [-0.15, -0.1) is 0 Å². The molecule has 1 aromatic carbocycles. The summed E-state index contributed by atoms with van der Waals surface area (Å²) in [6.45, 7) is 13.1. The van der Waals surface area contributed by atoms with Crippen molar-refractivity contribution in [3.05, 3.63) is 33.4 Å². The van der Waals surface area contributed by atoms with Gasteiger partial charge in [-0.25, -0.2) is 0 Å². The largest absolute Gasteiger partial charge is 0.373 e. The van der Waals surface area contributed by atoms with Crippen molar-refractivity contribution in [3.63, 3.8) is 0 Å². The second-order valence-corrected chi connectivity index (χ2v) is 6.13. The summed E-state index contributed by atoms with van der Waals surface area (Å²) in [6.07, 6.45) is 2.73. The lowest BCUT2D eigenvalue weighted by Crippen LogP contribution is -2.28. The number of rotatable bonds is 2. The molecule has 106 valence electrons. The molecule has 2 rings (SSSR count). The van der Waals surface area contributed by atoms with E-state index >= 15 is 0 Å². The lowest BCUT2D eigenvalue weighted by atomic mass is 9.84. The molecule has 0 radical (unpaired) electrons. The molecule has 1 aromatic rings. The van der Waals surface area contributed by atoms with Crippen molar-refractivity contribution in [1.82, 2.24) is 0 Å². The van der Waals surface area contributed by atoms with Crippen molar-refractivity contribution in [2.75, 3.05) is 0 Å². The monoisotopic (exact) mass is 261 g/mol. The quantitative estimate of drug-likeness (QED) is 0.879. The third-order valence-electron chi connectivity index (χ3n) is 5.06. The van der Waals surface area contributed by atoms with Crippen LogP contribution in [0.5, 0.6) is 0 Å². The molecule has 2 heteroatoms. The Morgan fingerprint density at radius 2 is 1.37 bits per heavy atom. The molecule has 2 N–H and O–H groups in total. The van der Waals surface area contributed by atoms with Gasteiger partial charge in [-0.2, -0.15) is 0 Å². The van der Waals surface area contributed by atoms with Crippen molar-refractivity contribution in [1.29, 1.82) is 0 Å². The molecule has 0 amide bonds. The Morgan fingerprint density at radius 3 is 1.79 bits per heavy atom. The topological polar surface area (TPSA) is 35.2 Å². The molecular formula is C17H27NO. The van der Waals surface area contributed by atoms with Crippen LogP contribution in [0.3, 0.4) is 0 Å². The van der Waals surface area contributed by atoms with Crippen LogP contribution in [0.25, 0.3) is 0 Å². The average Bonchev–Trinajstić information content (AvgIpc) is 2.81. The minimum absolute atomic E-state index is 0.00273. The molecule has 3 atom stereocenters. The Morgan fingerprint density at radius 1 is 0.895 bits per heavy atom. The Balaban J connectivity index is 2.45. The molecule has 0 saturated carbocycles. The molecule has 0 aromatic heterocycles. The van der Waals surface area contributed by atoms with E-state index in [1.54, 1.807) is 0 Å². The van der Waals surface area contributed by atoms with Gasteiger partial charge < -0.3 is 10.5 Å². The zero-order valence-electron chi connectivity index (χ0n) is 13.1. The summed E-state index contributed by atoms with van der Waals surface area (Å²) >= 11 is 0. The highest BCUT2D eigenvalue weighted by atomic mass is 16.5. The van der Waals surface area contributed by atoms with E-state index < -0.39 is 0 Å². The van der Waals surface area contributed by atoms with Gasteiger partial charge in [0.15, 0.2) is 0 Å². The molecule has 1 saturated heterocycles. The van der Waals surface area contributed by atoms with Gasteiger partial charge in [-0.3, -0.25) is 0 Å². The highest BCUT2D eigenvalue weighted by Crippen LogP contribution is 2.35. The van der Waals surface area contributed by atoms with E-state index in [4.69, 9.17) is 10.5 Å². The van der Waals surface area contributed by atoms with E-state index in [0.29, 0.717) is 6.10 Å². The number of nitrogens with two attached hydrogens (primary N) is 1. The first-order valence-electron chi connectivity index (χ1n) is 7.32.